The van der Waals surface area contributed by atoms with Gasteiger partial charge in [0.2, 0.25) is 0 Å². The van der Waals surface area contributed by atoms with E-state index in [9.17, 15) is 9.18 Å². The average Bonchev–Trinajstić information content (AvgIpc) is 2.36. The number of benzene rings is 1. The Bertz CT molecular complexity index is 543. The highest BCUT2D eigenvalue weighted by atomic mass is 19.1. The van der Waals surface area contributed by atoms with Gasteiger partial charge in [-0.3, -0.25) is 0 Å². The molecule has 0 spiro atoms. The lowest BCUT2D eigenvalue weighted by molar-refractivity contribution is -0.00534. The Balaban J connectivity index is 1.74. The molecule has 0 aromatic heterocycles. The standard InChI is InChI=1S/C17H19FO2/c18-15-6-13(1-2-14(15)16(19)20)17-7-10-3-11(8-17)5-12(4-10)9-17/h1-2,6,10-12H,3-5,7-9H2,(H,19,20). The molecule has 1 aromatic carbocycles. The Kier molecular flexibility index (Phi) is 2.51. The van der Waals surface area contributed by atoms with E-state index in [-0.39, 0.29) is 11.0 Å². The summed E-state index contributed by atoms with van der Waals surface area (Å²) in [5.41, 5.74) is 0.963. The van der Waals surface area contributed by atoms with Gasteiger partial charge >= 0.3 is 5.97 Å². The maximum atomic E-state index is 14.0. The smallest absolute Gasteiger partial charge is 0.338 e. The Morgan fingerprint density at radius 2 is 1.65 bits per heavy atom. The first-order valence-electron chi connectivity index (χ1n) is 7.59. The molecule has 4 saturated carbocycles. The highest BCUT2D eigenvalue weighted by Gasteiger charge is 2.51. The first kappa shape index (κ1) is 12.4. The summed E-state index contributed by atoms with van der Waals surface area (Å²) in [7, 11) is 0. The van der Waals surface area contributed by atoms with Crippen molar-refractivity contribution in [1.29, 1.82) is 0 Å². The Morgan fingerprint density at radius 1 is 1.10 bits per heavy atom. The molecule has 0 heterocycles. The van der Waals surface area contributed by atoms with E-state index in [1.165, 1.54) is 50.7 Å². The summed E-state index contributed by atoms with van der Waals surface area (Å²) in [6, 6.07) is 4.81. The molecule has 4 bridgehead atoms. The van der Waals surface area contributed by atoms with Crippen LogP contribution >= 0.6 is 0 Å². The molecule has 2 nitrogen and oxygen atoms in total. The molecule has 1 aromatic rings. The lowest BCUT2D eigenvalue weighted by atomic mass is 9.48. The lowest BCUT2D eigenvalue weighted by Crippen LogP contribution is -2.48. The number of carboxylic acid groups (broad SMARTS) is 1. The van der Waals surface area contributed by atoms with E-state index in [1.54, 1.807) is 0 Å². The molecule has 0 aliphatic heterocycles. The van der Waals surface area contributed by atoms with Gasteiger partial charge in [-0.2, -0.15) is 0 Å². The lowest BCUT2D eigenvalue weighted by Gasteiger charge is -2.57. The molecular weight excluding hydrogens is 255 g/mol. The number of carboxylic acids is 1. The van der Waals surface area contributed by atoms with Gasteiger partial charge in [-0.1, -0.05) is 6.07 Å². The van der Waals surface area contributed by atoms with Crippen molar-refractivity contribution in [2.45, 2.75) is 43.9 Å². The maximum Gasteiger partial charge on any atom is 0.338 e. The number of aromatic carboxylic acids is 1. The Hall–Kier alpha value is -1.38. The summed E-state index contributed by atoms with van der Waals surface area (Å²) in [5.74, 6) is 0.667. The molecule has 0 radical (unpaired) electrons. The summed E-state index contributed by atoms with van der Waals surface area (Å²) in [5, 5.41) is 8.95. The normalized spacial score (nSPS) is 38.1. The molecule has 0 atom stereocenters. The zero-order valence-corrected chi connectivity index (χ0v) is 11.4. The minimum atomic E-state index is -1.18. The van der Waals surface area contributed by atoms with E-state index >= 15 is 0 Å². The number of carbonyl (C=O) groups is 1. The van der Waals surface area contributed by atoms with Crippen molar-refractivity contribution in [3.05, 3.63) is 35.1 Å². The van der Waals surface area contributed by atoms with Gasteiger partial charge in [0, 0.05) is 0 Å². The van der Waals surface area contributed by atoms with E-state index in [4.69, 9.17) is 5.11 Å². The molecule has 0 unspecified atom stereocenters. The molecular formula is C17H19FO2. The minimum absolute atomic E-state index is 0.132. The second kappa shape index (κ2) is 4.06. The molecule has 0 saturated heterocycles. The zero-order valence-electron chi connectivity index (χ0n) is 11.4. The number of hydrogen-bond acceptors (Lipinski definition) is 1. The van der Waals surface area contributed by atoms with Gasteiger partial charge in [0.1, 0.15) is 5.82 Å². The van der Waals surface area contributed by atoms with Crippen LogP contribution in [0.15, 0.2) is 18.2 Å². The van der Waals surface area contributed by atoms with E-state index in [1.807, 2.05) is 6.07 Å². The summed E-state index contributed by atoms with van der Waals surface area (Å²) >= 11 is 0. The Labute approximate surface area is 118 Å². The first-order chi connectivity index (χ1) is 9.56. The van der Waals surface area contributed by atoms with Gasteiger partial charge < -0.3 is 5.11 Å². The average molecular weight is 274 g/mol. The van der Waals surface area contributed by atoms with Gasteiger partial charge in [-0.25, -0.2) is 9.18 Å². The SMILES string of the molecule is O=C(O)c1ccc(C23CC4CC(CC(C4)C2)C3)cc1F. The predicted molar refractivity (Wildman–Crippen MR) is 73.2 cm³/mol. The van der Waals surface area contributed by atoms with Gasteiger partial charge in [0.25, 0.3) is 0 Å². The van der Waals surface area contributed by atoms with Crippen molar-refractivity contribution in [3.63, 3.8) is 0 Å². The fraction of sp³-hybridized carbons (Fsp3) is 0.588. The van der Waals surface area contributed by atoms with Crippen LogP contribution in [0, 0.1) is 23.6 Å². The van der Waals surface area contributed by atoms with Crippen molar-refractivity contribution >= 4 is 5.97 Å². The van der Waals surface area contributed by atoms with Crippen molar-refractivity contribution in [2.75, 3.05) is 0 Å². The van der Waals surface area contributed by atoms with Gasteiger partial charge in [0.15, 0.2) is 0 Å². The van der Waals surface area contributed by atoms with Crippen molar-refractivity contribution < 1.29 is 14.3 Å². The molecule has 106 valence electrons. The quantitative estimate of drug-likeness (QED) is 0.885. The van der Waals surface area contributed by atoms with E-state index in [2.05, 4.69) is 0 Å². The molecule has 1 N–H and O–H groups in total. The molecule has 4 fully saturated rings. The molecule has 20 heavy (non-hydrogen) atoms. The van der Waals surface area contributed by atoms with Crippen LogP contribution in [0.1, 0.15) is 54.4 Å². The topological polar surface area (TPSA) is 37.3 Å². The minimum Gasteiger partial charge on any atom is -0.478 e. The molecule has 4 aliphatic rings. The third-order valence-electron chi connectivity index (χ3n) is 5.85. The zero-order chi connectivity index (χ0) is 13.9. The van der Waals surface area contributed by atoms with Crippen LogP contribution in [0.2, 0.25) is 0 Å². The fourth-order valence-corrected chi connectivity index (χ4v) is 5.48. The largest absolute Gasteiger partial charge is 0.478 e. The highest BCUT2D eigenvalue weighted by molar-refractivity contribution is 5.87. The molecule has 4 aliphatic carbocycles. The second-order valence-corrected chi connectivity index (χ2v) is 7.20. The van der Waals surface area contributed by atoms with Gasteiger partial charge in [0.05, 0.1) is 5.56 Å². The number of hydrogen-bond donors (Lipinski definition) is 1. The van der Waals surface area contributed by atoms with Crippen molar-refractivity contribution in [3.8, 4) is 0 Å². The predicted octanol–water partition coefficient (Wildman–Crippen LogP) is 3.99. The van der Waals surface area contributed by atoms with Crippen molar-refractivity contribution in [2.24, 2.45) is 17.8 Å². The summed E-state index contributed by atoms with van der Waals surface area (Å²) in [4.78, 5) is 10.9. The summed E-state index contributed by atoms with van der Waals surface area (Å²) in [6.45, 7) is 0. The van der Waals surface area contributed by atoms with E-state index in [0.717, 1.165) is 23.3 Å². The van der Waals surface area contributed by atoms with E-state index < -0.39 is 11.8 Å². The number of rotatable bonds is 2. The van der Waals surface area contributed by atoms with Crippen molar-refractivity contribution in [1.82, 2.24) is 0 Å². The summed E-state index contributed by atoms with van der Waals surface area (Å²) < 4.78 is 14.0. The van der Waals surface area contributed by atoms with Crippen LogP contribution in [0.25, 0.3) is 0 Å². The van der Waals surface area contributed by atoms with Crippen LogP contribution in [0.3, 0.4) is 0 Å². The third-order valence-corrected chi connectivity index (χ3v) is 5.85. The van der Waals surface area contributed by atoms with Crippen LogP contribution in [0.5, 0.6) is 0 Å². The van der Waals surface area contributed by atoms with Crippen LogP contribution in [-0.2, 0) is 5.41 Å². The van der Waals surface area contributed by atoms with Crippen LogP contribution in [0.4, 0.5) is 4.39 Å². The molecule has 5 rings (SSSR count). The maximum absolute atomic E-state index is 14.0. The summed E-state index contributed by atoms with van der Waals surface area (Å²) in [6.07, 6.45) is 7.58. The monoisotopic (exact) mass is 274 g/mol. The second-order valence-electron chi connectivity index (χ2n) is 7.20. The van der Waals surface area contributed by atoms with Gasteiger partial charge in [-0.15, -0.1) is 0 Å². The van der Waals surface area contributed by atoms with Crippen LogP contribution < -0.4 is 0 Å². The Morgan fingerprint density at radius 3 is 2.10 bits per heavy atom. The third kappa shape index (κ3) is 1.72. The highest BCUT2D eigenvalue weighted by Crippen LogP contribution is 2.60. The van der Waals surface area contributed by atoms with E-state index in [0.29, 0.717) is 0 Å². The van der Waals surface area contributed by atoms with Crippen LogP contribution in [-0.4, -0.2) is 11.1 Å². The first-order valence-corrected chi connectivity index (χ1v) is 7.59. The van der Waals surface area contributed by atoms with Gasteiger partial charge in [-0.05, 0) is 79.4 Å². The number of halogens is 1. The molecule has 3 heteroatoms. The molecule has 0 amide bonds. The fourth-order valence-electron chi connectivity index (χ4n) is 5.48.